The molecule has 8 aromatic carbocycles. The van der Waals surface area contributed by atoms with Crippen molar-refractivity contribution in [1.82, 2.24) is 15.0 Å². The summed E-state index contributed by atoms with van der Waals surface area (Å²) in [6, 6.07) is 72.6. The van der Waals surface area contributed by atoms with Crippen molar-refractivity contribution >= 4 is 28.4 Å². The average molecular weight is 795 g/mol. The second-order valence-corrected chi connectivity index (χ2v) is 16.0. The van der Waals surface area contributed by atoms with Crippen molar-refractivity contribution in [2.75, 3.05) is 4.90 Å². The van der Waals surface area contributed by atoms with E-state index in [1.807, 2.05) is 36.4 Å². The van der Waals surface area contributed by atoms with Crippen molar-refractivity contribution in [3.8, 4) is 67.5 Å². The first kappa shape index (κ1) is 35.8. The molecule has 2 unspecified atom stereocenters. The lowest BCUT2D eigenvalue weighted by molar-refractivity contribution is 0.584. The van der Waals surface area contributed by atoms with Crippen LogP contribution in [0.25, 0.3) is 84.6 Å². The van der Waals surface area contributed by atoms with Gasteiger partial charge in [0.05, 0.1) is 6.04 Å². The van der Waals surface area contributed by atoms with Gasteiger partial charge in [-0.25, -0.2) is 15.0 Å². The highest BCUT2D eigenvalue weighted by Gasteiger charge is 2.43. The first-order chi connectivity index (χ1) is 30.7. The predicted octanol–water partition coefficient (Wildman–Crippen LogP) is 14.3. The van der Waals surface area contributed by atoms with Crippen LogP contribution in [0.5, 0.6) is 0 Å². The second-order valence-electron chi connectivity index (χ2n) is 16.0. The number of benzene rings is 8. The van der Waals surface area contributed by atoms with E-state index < -0.39 is 0 Å². The maximum absolute atomic E-state index is 6.63. The van der Waals surface area contributed by atoms with Gasteiger partial charge in [0, 0.05) is 44.9 Å². The van der Waals surface area contributed by atoms with Gasteiger partial charge in [-0.1, -0.05) is 170 Å². The van der Waals surface area contributed by atoms with Crippen LogP contribution >= 0.6 is 0 Å². The number of aromatic nitrogens is 3. The number of fused-ring (bicyclic) bond motifs is 7. The highest BCUT2D eigenvalue weighted by molar-refractivity contribution is 5.93. The van der Waals surface area contributed by atoms with Crippen molar-refractivity contribution in [2.24, 2.45) is 0 Å². The van der Waals surface area contributed by atoms with Gasteiger partial charge in [0.25, 0.3) is 0 Å². The van der Waals surface area contributed by atoms with E-state index in [9.17, 15) is 0 Å². The average Bonchev–Trinajstić information content (AvgIpc) is 3.90. The van der Waals surface area contributed by atoms with Gasteiger partial charge in [-0.2, -0.15) is 0 Å². The number of para-hydroxylation sites is 1. The maximum Gasteiger partial charge on any atom is 0.164 e. The third-order valence-electron chi connectivity index (χ3n) is 12.3. The van der Waals surface area contributed by atoms with Gasteiger partial charge in [0.2, 0.25) is 0 Å². The molecule has 2 atom stereocenters. The van der Waals surface area contributed by atoms with E-state index in [0.717, 1.165) is 44.7 Å². The summed E-state index contributed by atoms with van der Waals surface area (Å²) < 4.78 is 6.63. The summed E-state index contributed by atoms with van der Waals surface area (Å²) in [6.45, 7) is 0. The molecule has 0 saturated heterocycles. The Labute approximate surface area is 360 Å². The van der Waals surface area contributed by atoms with E-state index in [1.54, 1.807) is 0 Å². The van der Waals surface area contributed by atoms with Gasteiger partial charge in [0.15, 0.2) is 17.5 Å². The molecule has 10 aromatic rings. The molecule has 0 fully saturated rings. The van der Waals surface area contributed by atoms with Gasteiger partial charge in [0.1, 0.15) is 11.3 Å². The Morgan fingerprint density at radius 2 is 0.887 bits per heavy atom. The zero-order chi connectivity index (χ0) is 41.0. The van der Waals surface area contributed by atoms with Crippen LogP contribution in [0.1, 0.15) is 22.8 Å². The van der Waals surface area contributed by atoms with Crippen LogP contribution in [0.3, 0.4) is 0 Å². The van der Waals surface area contributed by atoms with Crippen LogP contribution in [0.4, 0.5) is 11.4 Å². The van der Waals surface area contributed by atoms with Crippen molar-refractivity contribution in [2.45, 2.75) is 12.0 Å². The van der Waals surface area contributed by atoms with Crippen molar-refractivity contribution in [3.63, 3.8) is 0 Å². The molecule has 62 heavy (non-hydrogen) atoms. The Balaban J connectivity index is 0.919. The zero-order valence-electron chi connectivity index (χ0n) is 33.6. The molecule has 3 heterocycles. The molecule has 292 valence electrons. The first-order valence-corrected chi connectivity index (χ1v) is 21.1. The van der Waals surface area contributed by atoms with E-state index >= 15 is 0 Å². The quantitative estimate of drug-likeness (QED) is 0.161. The molecule has 5 nitrogen and oxygen atoms in total. The fraction of sp³-hybridized carbons (Fsp3) is 0.0351. The lowest BCUT2D eigenvalue weighted by Crippen LogP contribution is -2.30. The van der Waals surface area contributed by atoms with E-state index in [-0.39, 0.29) is 12.0 Å². The molecular weight excluding hydrogens is 757 g/mol. The monoisotopic (exact) mass is 794 g/mol. The van der Waals surface area contributed by atoms with Gasteiger partial charge in [-0.05, 0) is 87.5 Å². The molecule has 1 aliphatic heterocycles. The Hall–Kier alpha value is -8.15. The number of rotatable bonds is 7. The SMILES string of the molecule is C1=CC2C(c3ccccc3N2c2ccc(-c3cccc(-c4ccccc4)c3)cc2)c2c1oc1ccc(-c3nc(-c4ccccc4)nc(-c4ccc(-c5ccccc5)cc4)n3)cc21. The Morgan fingerprint density at radius 1 is 0.403 bits per heavy atom. The summed E-state index contributed by atoms with van der Waals surface area (Å²) in [7, 11) is 0. The fourth-order valence-corrected chi connectivity index (χ4v) is 9.32. The third-order valence-corrected chi connectivity index (χ3v) is 12.3. The van der Waals surface area contributed by atoms with Crippen LogP contribution in [0.2, 0.25) is 0 Å². The number of furan rings is 1. The highest BCUT2D eigenvalue weighted by Crippen LogP contribution is 2.54. The van der Waals surface area contributed by atoms with Crippen molar-refractivity contribution < 1.29 is 4.42 Å². The van der Waals surface area contributed by atoms with Gasteiger partial charge >= 0.3 is 0 Å². The predicted molar refractivity (Wildman–Crippen MR) is 252 cm³/mol. The van der Waals surface area contributed by atoms with Crippen LogP contribution in [0, 0.1) is 0 Å². The smallest absolute Gasteiger partial charge is 0.164 e. The molecule has 2 aliphatic rings. The molecule has 0 radical (unpaired) electrons. The lowest BCUT2D eigenvalue weighted by atomic mass is 9.82. The van der Waals surface area contributed by atoms with Crippen molar-refractivity contribution in [1.29, 1.82) is 0 Å². The van der Waals surface area contributed by atoms with Crippen LogP contribution in [0.15, 0.2) is 217 Å². The van der Waals surface area contributed by atoms with Crippen LogP contribution < -0.4 is 4.90 Å². The van der Waals surface area contributed by atoms with Gasteiger partial charge in [-0.3, -0.25) is 0 Å². The normalized spacial score (nSPS) is 15.0. The Bertz CT molecular complexity index is 3290. The number of hydrogen-bond acceptors (Lipinski definition) is 5. The molecule has 0 saturated carbocycles. The first-order valence-electron chi connectivity index (χ1n) is 21.1. The molecule has 0 N–H and O–H groups in total. The summed E-state index contributed by atoms with van der Waals surface area (Å²) in [5.74, 6) is 2.82. The minimum atomic E-state index is 0.0573. The molecule has 2 aromatic heterocycles. The molecule has 12 rings (SSSR count). The second kappa shape index (κ2) is 14.8. The van der Waals surface area contributed by atoms with E-state index in [2.05, 4.69) is 187 Å². The minimum Gasteiger partial charge on any atom is -0.456 e. The summed E-state index contributed by atoms with van der Waals surface area (Å²) in [4.78, 5) is 17.7. The topological polar surface area (TPSA) is 55.1 Å². The number of nitrogens with zero attached hydrogens (tertiary/aromatic N) is 4. The molecule has 0 bridgehead atoms. The molecule has 5 heteroatoms. The van der Waals surface area contributed by atoms with Crippen molar-refractivity contribution in [3.05, 3.63) is 229 Å². The summed E-state index contributed by atoms with van der Waals surface area (Å²) in [6.07, 6.45) is 4.47. The number of anilines is 2. The van der Waals surface area contributed by atoms with Gasteiger partial charge < -0.3 is 9.32 Å². The fourth-order valence-electron chi connectivity index (χ4n) is 9.32. The number of hydrogen-bond donors (Lipinski definition) is 0. The Kier molecular flexibility index (Phi) is 8.56. The largest absolute Gasteiger partial charge is 0.456 e. The zero-order valence-corrected chi connectivity index (χ0v) is 33.6. The standard InChI is InChI=1S/C57H38N4O/c1-4-13-37(14-5-1)39-23-25-42(26-24-39)56-58-55(41-17-8-3-9-18-41)59-57(60-56)45-29-33-51-48(36-45)54-52(62-51)34-32-50-53(54)47-21-10-11-22-49(47)61(50)46-30-27-40(28-31-46)44-20-12-19-43(35-44)38-15-6-2-7-16-38/h1-36,50,53H. The van der Waals surface area contributed by atoms with Crippen LogP contribution in [-0.2, 0) is 0 Å². The molecule has 0 spiro atoms. The van der Waals surface area contributed by atoms with E-state index in [4.69, 9.17) is 19.4 Å². The summed E-state index contributed by atoms with van der Waals surface area (Å²) in [5.41, 5.74) is 15.6. The highest BCUT2D eigenvalue weighted by atomic mass is 16.3. The van der Waals surface area contributed by atoms with E-state index in [1.165, 1.54) is 44.6 Å². The molecule has 0 amide bonds. The molecule has 1 aliphatic carbocycles. The Morgan fingerprint density at radius 3 is 1.56 bits per heavy atom. The molecular formula is C57H38N4O. The van der Waals surface area contributed by atoms with Gasteiger partial charge in [-0.15, -0.1) is 0 Å². The third kappa shape index (κ3) is 6.22. The minimum absolute atomic E-state index is 0.0573. The lowest BCUT2D eigenvalue weighted by Gasteiger charge is -2.30. The van der Waals surface area contributed by atoms with Crippen LogP contribution in [-0.4, -0.2) is 21.0 Å². The van der Waals surface area contributed by atoms with E-state index in [0.29, 0.717) is 17.5 Å². The summed E-state index contributed by atoms with van der Waals surface area (Å²) >= 11 is 0. The maximum atomic E-state index is 6.63. The summed E-state index contributed by atoms with van der Waals surface area (Å²) in [5, 5.41) is 1.07.